The molecule has 0 saturated carbocycles. The van der Waals surface area contributed by atoms with Crippen LogP contribution in [0.1, 0.15) is 30.9 Å². The zero-order valence-electron chi connectivity index (χ0n) is 11.4. The van der Waals surface area contributed by atoms with E-state index in [1.54, 1.807) is 0 Å². The quantitative estimate of drug-likeness (QED) is 0.789. The van der Waals surface area contributed by atoms with Gasteiger partial charge in [-0.05, 0) is 37.1 Å². The van der Waals surface area contributed by atoms with Gasteiger partial charge in [-0.25, -0.2) is 0 Å². The topological polar surface area (TPSA) is 59.3 Å². The number of nitrogens with one attached hydrogen (secondary N) is 1. The summed E-state index contributed by atoms with van der Waals surface area (Å²) in [4.78, 5) is 2.09. The SMILES string of the molecule is CCCNCc1ccc(N2CCC(O)C2)c(C#N)c1. The molecule has 1 aliphatic heterocycles. The predicted octanol–water partition coefficient (Wildman–Crippen LogP) is 1.63. The molecule has 0 spiro atoms. The first kappa shape index (κ1) is 13.9. The van der Waals surface area contributed by atoms with Crippen LogP contribution in [0.4, 0.5) is 5.69 Å². The van der Waals surface area contributed by atoms with Crippen LogP contribution in [0, 0.1) is 11.3 Å². The van der Waals surface area contributed by atoms with Crippen LogP contribution in [-0.4, -0.2) is 30.8 Å². The fourth-order valence-electron chi connectivity index (χ4n) is 2.43. The van der Waals surface area contributed by atoms with Gasteiger partial charge in [0.25, 0.3) is 0 Å². The molecule has 0 radical (unpaired) electrons. The molecule has 1 aliphatic rings. The van der Waals surface area contributed by atoms with Gasteiger partial charge in [-0.15, -0.1) is 0 Å². The minimum Gasteiger partial charge on any atom is -0.391 e. The van der Waals surface area contributed by atoms with Crippen molar-refractivity contribution >= 4 is 5.69 Å². The number of anilines is 1. The van der Waals surface area contributed by atoms with Crippen LogP contribution >= 0.6 is 0 Å². The van der Waals surface area contributed by atoms with Gasteiger partial charge in [-0.3, -0.25) is 0 Å². The highest BCUT2D eigenvalue weighted by molar-refractivity contribution is 5.61. The van der Waals surface area contributed by atoms with Crippen molar-refractivity contribution in [2.24, 2.45) is 0 Å². The van der Waals surface area contributed by atoms with Crippen LogP contribution in [0.2, 0.25) is 0 Å². The maximum absolute atomic E-state index is 9.59. The Balaban J connectivity index is 2.10. The van der Waals surface area contributed by atoms with Crippen molar-refractivity contribution in [2.75, 3.05) is 24.5 Å². The third-order valence-corrected chi connectivity index (χ3v) is 3.44. The lowest BCUT2D eigenvalue weighted by atomic mass is 10.1. The molecule has 4 heteroatoms. The molecule has 1 aromatic carbocycles. The first-order valence-electron chi connectivity index (χ1n) is 6.91. The Kier molecular flexibility index (Phi) is 4.78. The summed E-state index contributed by atoms with van der Waals surface area (Å²) < 4.78 is 0. The molecule has 1 heterocycles. The average molecular weight is 259 g/mol. The van der Waals surface area contributed by atoms with Crippen molar-refractivity contribution < 1.29 is 5.11 Å². The molecule has 1 saturated heterocycles. The van der Waals surface area contributed by atoms with Gasteiger partial charge in [-0.2, -0.15) is 5.26 Å². The van der Waals surface area contributed by atoms with Crippen molar-refractivity contribution in [3.63, 3.8) is 0 Å². The maximum atomic E-state index is 9.59. The average Bonchev–Trinajstić information content (AvgIpc) is 2.85. The normalized spacial score (nSPS) is 18.6. The van der Waals surface area contributed by atoms with E-state index in [0.29, 0.717) is 12.1 Å². The molecular formula is C15H21N3O. The van der Waals surface area contributed by atoms with Crippen molar-refractivity contribution in [3.05, 3.63) is 29.3 Å². The summed E-state index contributed by atoms with van der Waals surface area (Å²) in [7, 11) is 0. The first-order chi connectivity index (χ1) is 9.24. The minimum absolute atomic E-state index is 0.266. The van der Waals surface area contributed by atoms with Crippen LogP contribution in [-0.2, 0) is 6.54 Å². The third-order valence-electron chi connectivity index (χ3n) is 3.44. The number of nitriles is 1. The number of β-amino-alcohol motifs (C(OH)–C–C–N with tert-alkyl or cyclic N) is 1. The van der Waals surface area contributed by atoms with E-state index in [1.165, 1.54) is 0 Å². The summed E-state index contributed by atoms with van der Waals surface area (Å²) >= 11 is 0. The molecule has 1 fully saturated rings. The minimum atomic E-state index is -0.266. The number of hydrogen-bond donors (Lipinski definition) is 2. The molecule has 0 bridgehead atoms. The van der Waals surface area contributed by atoms with Gasteiger partial charge >= 0.3 is 0 Å². The molecule has 0 amide bonds. The van der Waals surface area contributed by atoms with Crippen LogP contribution in [0.3, 0.4) is 0 Å². The summed E-state index contributed by atoms with van der Waals surface area (Å²) in [6, 6.07) is 8.27. The predicted molar refractivity (Wildman–Crippen MR) is 76.0 cm³/mol. The lowest BCUT2D eigenvalue weighted by Gasteiger charge is -2.19. The van der Waals surface area contributed by atoms with E-state index in [2.05, 4.69) is 29.3 Å². The number of hydrogen-bond acceptors (Lipinski definition) is 4. The Morgan fingerprint density at radius 1 is 1.53 bits per heavy atom. The lowest BCUT2D eigenvalue weighted by Crippen LogP contribution is -2.22. The molecule has 102 valence electrons. The zero-order valence-corrected chi connectivity index (χ0v) is 11.4. The molecule has 4 nitrogen and oxygen atoms in total. The van der Waals surface area contributed by atoms with Gasteiger partial charge in [0.1, 0.15) is 6.07 Å². The van der Waals surface area contributed by atoms with E-state index in [-0.39, 0.29) is 6.10 Å². The molecule has 0 aliphatic carbocycles. The van der Waals surface area contributed by atoms with Crippen molar-refractivity contribution in [1.82, 2.24) is 5.32 Å². The van der Waals surface area contributed by atoms with E-state index in [1.807, 2.05) is 12.1 Å². The molecule has 19 heavy (non-hydrogen) atoms. The van der Waals surface area contributed by atoms with Gasteiger partial charge in [0, 0.05) is 19.6 Å². The Bertz CT molecular complexity index is 467. The number of aliphatic hydroxyl groups is 1. The Morgan fingerprint density at radius 3 is 3.00 bits per heavy atom. The Hall–Kier alpha value is -1.57. The van der Waals surface area contributed by atoms with Crippen LogP contribution in [0.5, 0.6) is 0 Å². The molecular weight excluding hydrogens is 238 g/mol. The number of rotatable bonds is 5. The van der Waals surface area contributed by atoms with Gasteiger partial charge in [0.15, 0.2) is 0 Å². The molecule has 1 atom stereocenters. The summed E-state index contributed by atoms with van der Waals surface area (Å²) in [6.07, 6.45) is 1.62. The summed E-state index contributed by atoms with van der Waals surface area (Å²) in [5.41, 5.74) is 2.77. The molecule has 2 rings (SSSR count). The third kappa shape index (κ3) is 3.46. The van der Waals surface area contributed by atoms with Gasteiger partial charge in [-0.1, -0.05) is 13.0 Å². The largest absolute Gasteiger partial charge is 0.391 e. The van der Waals surface area contributed by atoms with E-state index >= 15 is 0 Å². The molecule has 1 aromatic rings. The van der Waals surface area contributed by atoms with Crippen LogP contribution in [0.15, 0.2) is 18.2 Å². The molecule has 0 aromatic heterocycles. The van der Waals surface area contributed by atoms with Gasteiger partial charge in [0.05, 0.1) is 17.4 Å². The van der Waals surface area contributed by atoms with E-state index < -0.39 is 0 Å². The van der Waals surface area contributed by atoms with E-state index in [4.69, 9.17) is 0 Å². The Morgan fingerprint density at radius 2 is 2.37 bits per heavy atom. The maximum Gasteiger partial charge on any atom is 0.101 e. The second-order valence-corrected chi connectivity index (χ2v) is 5.03. The second kappa shape index (κ2) is 6.55. The highest BCUT2D eigenvalue weighted by Crippen LogP contribution is 2.25. The highest BCUT2D eigenvalue weighted by Gasteiger charge is 2.22. The van der Waals surface area contributed by atoms with Gasteiger partial charge < -0.3 is 15.3 Å². The molecule has 1 unspecified atom stereocenters. The smallest absolute Gasteiger partial charge is 0.101 e. The standard InChI is InChI=1S/C15H21N3O/c1-2-6-17-10-12-3-4-15(13(8-12)9-16)18-7-5-14(19)11-18/h3-4,8,14,17,19H,2,5-7,10-11H2,1H3. The van der Waals surface area contributed by atoms with Gasteiger partial charge in [0.2, 0.25) is 0 Å². The number of aliphatic hydroxyl groups excluding tert-OH is 1. The second-order valence-electron chi connectivity index (χ2n) is 5.03. The van der Waals surface area contributed by atoms with Crippen molar-refractivity contribution in [2.45, 2.75) is 32.4 Å². The van der Waals surface area contributed by atoms with Crippen molar-refractivity contribution in [1.29, 1.82) is 5.26 Å². The fraction of sp³-hybridized carbons (Fsp3) is 0.533. The zero-order chi connectivity index (χ0) is 13.7. The van der Waals surface area contributed by atoms with Crippen LogP contribution in [0.25, 0.3) is 0 Å². The monoisotopic (exact) mass is 259 g/mol. The Labute approximate surface area is 114 Å². The number of benzene rings is 1. The first-order valence-corrected chi connectivity index (χ1v) is 6.91. The summed E-state index contributed by atoms with van der Waals surface area (Å²) in [6.45, 7) is 5.37. The fourth-order valence-corrected chi connectivity index (χ4v) is 2.43. The number of nitrogens with zero attached hydrogens (tertiary/aromatic N) is 2. The highest BCUT2D eigenvalue weighted by atomic mass is 16.3. The van der Waals surface area contributed by atoms with E-state index in [0.717, 1.165) is 43.7 Å². The molecule has 2 N–H and O–H groups in total. The van der Waals surface area contributed by atoms with E-state index in [9.17, 15) is 10.4 Å². The van der Waals surface area contributed by atoms with Crippen molar-refractivity contribution in [3.8, 4) is 6.07 Å². The summed E-state index contributed by atoms with van der Waals surface area (Å²) in [5.74, 6) is 0. The lowest BCUT2D eigenvalue weighted by molar-refractivity contribution is 0.198. The van der Waals surface area contributed by atoms with Crippen LogP contribution < -0.4 is 10.2 Å². The summed E-state index contributed by atoms with van der Waals surface area (Å²) in [5, 5.41) is 22.2.